The lowest BCUT2D eigenvalue weighted by atomic mass is 9.98. The number of carbonyl (C=O) groups excluding carboxylic acids is 1. The van der Waals surface area contributed by atoms with E-state index in [9.17, 15) is 9.90 Å². The topological polar surface area (TPSA) is 79.5 Å². The molecule has 1 amide bonds. The van der Waals surface area contributed by atoms with Crippen LogP contribution in [0.2, 0.25) is 0 Å². The van der Waals surface area contributed by atoms with Crippen LogP contribution in [0.5, 0.6) is 0 Å². The Morgan fingerprint density at radius 1 is 1.30 bits per heavy atom. The third-order valence-electron chi connectivity index (χ3n) is 4.32. The molecule has 2 heterocycles. The van der Waals surface area contributed by atoms with E-state index in [1.165, 1.54) is 0 Å². The van der Waals surface area contributed by atoms with E-state index in [1.54, 1.807) is 23.5 Å². The number of nitrogens with two attached hydrogens (primary N) is 1. The van der Waals surface area contributed by atoms with Gasteiger partial charge in [-0.05, 0) is 44.0 Å². The molecular weight excluding hydrogens is 310 g/mol. The number of hydrogen-bond donors (Lipinski definition) is 2. The zero-order chi connectivity index (χ0) is 16.2. The van der Waals surface area contributed by atoms with E-state index in [0.29, 0.717) is 18.1 Å². The van der Waals surface area contributed by atoms with Gasteiger partial charge in [0.25, 0.3) is 0 Å². The summed E-state index contributed by atoms with van der Waals surface area (Å²) in [4.78, 5) is 18.2. The summed E-state index contributed by atoms with van der Waals surface area (Å²) >= 11 is 1.62. The van der Waals surface area contributed by atoms with Crippen molar-refractivity contribution in [3.8, 4) is 10.6 Å². The minimum atomic E-state index is -0.414. The highest BCUT2D eigenvalue weighted by atomic mass is 32.1. The molecule has 23 heavy (non-hydrogen) atoms. The Hall–Kier alpha value is -1.76. The number of nitrogens with zero attached hydrogens (tertiary/aromatic N) is 2. The number of primary amides is 1. The zero-order valence-electron chi connectivity index (χ0n) is 12.9. The highest BCUT2D eigenvalue weighted by molar-refractivity contribution is 7.13. The summed E-state index contributed by atoms with van der Waals surface area (Å²) in [5.41, 5.74) is 7.85. The molecule has 0 spiro atoms. The van der Waals surface area contributed by atoms with Gasteiger partial charge in [0.1, 0.15) is 5.01 Å². The fourth-order valence-electron chi connectivity index (χ4n) is 2.85. The molecular formula is C17H21N3O2S. The van der Waals surface area contributed by atoms with Gasteiger partial charge in [-0.3, -0.25) is 9.69 Å². The molecule has 1 aliphatic rings. The van der Waals surface area contributed by atoms with Crippen LogP contribution >= 0.6 is 11.3 Å². The number of thiazole rings is 1. The summed E-state index contributed by atoms with van der Waals surface area (Å²) < 4.78 is 0. The lowest BCUT2D eigenvalue weighted by molar-refractivity contribution is 0.100. The Bertz CT molecular complexity index is 661. The predicted molar refractivity (Wildman–Crippen MR) is 91.2 cm³/mol. The van der Waals surface area contributed by atoms with Crippen molar-refractivity contribution >= 4 is 17.2 Å². The van der Waals surface area contributed by atoms with E-state index in [4.69, 9.17) is 10.7 Å². The molecule has 0 atom stereocenters. The monoisotopic (exact) mass is 331 g/mol. The van der Waals surface area contributed by atoms with Crippen LogP contribution in [-0.4, -0.2) is 40.6 Å². The summed E-state index contributed by atoms with van der Waals surface area (Å²) in [6, 6.07) is 7.24. The minimum Gasteiger partial charge on any atom is -0.396 e. The lowest BCUT2D eigenvalue weighted by Crippen LogP contribution is -2.34. The van der Waals surface area contributed by atoms with Crippen molar-refractivity contribution in [2.45, 2.75) is 19.4 Å². The Balaban J connectivity index is 1.63. The van der Waals surface area contributed by atoms with E-state index in [-0.39, 0.29) is 0 Å². The van der Waals surface area contributed by atoms with Crippen LogP contribution < -0.4 is 5.73 Å². The molecule has 3 rings (SSSR count). The maximum Gasteiger partial charge on any atom is 0.248 e. The van der Waals surface area contributed by atoms with Gasteiger partial charge < -0.3 is 10.8 Å². The maximum atomic E-state index is 11.1. The van der Waals surface area contributed by atoms with Gasteiger partial charge in [-0.15, -0.1) is 11.3 Å². The van der Waals surface area contributed by atoms with Gasteiger partial charge in [-0.25, -0.2) is 4.98 Å². The normalized spacial score (nSPS) is 16.6. The quantitative estimate of drug-likeness (QED) is 0.879. The fraction of sp³-hybridized carbons (Fsp3) is 0.412. The summed E-state index contributed by atoms with van der Waals surface area (Å²) in [6.07, 6.45) is 2.12. The third kappa shape index (κ3) is 3.96. The van der Waals surface area contributed by atoms with E-state index in [0.717, 1.165) is 48.7 Å². The Kier molecular flexibility index (Phi) is 5.05. The fourth-order valence-corrected chi connectivity index (χ4v) is 3.66. The van der Waals surface area contributed by atoms with Crippen molar-refractivity contribution in [3.05, 3.63) is 40.9 Å². The molecule has 1 aliphatic heterocycles. The molecule has 0 radical (unpaired) electrons. The highest BCUT2D eigenvalue weighted by Crippen LogP contribution is 2.25. The van der Waals surface area contributed by atoms with Crippen LogP contribution in [0.4, 0.5) is 0 Å². The molecule has 0 saturated carbocycles. The minimum absolute atomic E-state index is 0.302. The maximum absolute atomic E-state index is 11.1. The summed E-state index contributed by atoms with van der Waals surface area (Å²) in [7, 11) is 0. The molecule has 2 aromatic rings. The lowest BCUT2D eigenvalue weighted by Gasteiger charge is -2.30. The molecule has 0 unspecified atom stereocenters. The van der Waals surface area contributed by atoms with Gasteiger partial charge in [-0.1, -0.05) is 12.1 Å². The summed E-state index contributed by atoms with van der Waals surface area (Å²) in [5.74, 6) is 0.0451. The van der Waals surface area contributed by atoms with E-state index in [2.05, 4.69) is 10.3 Å². The summed E-state index contributed by atoms with van der Waals surface area (Å²) in [5, 5.41) is 12.2. The molecule has 122 valence electrons. The molecule has 1 saturated heterocycles. The Morgan fingerprint density at radius 2 is 2.00 bits per heavy atom. The van der Waals surface area contributed by atoms with E-state index in [1.807, 2.05) is 12.1 Å². The Labute approximate surface area is 139 Å². The molecule has 6 heteroatoms. The smallest absolute Gasteiger partial charge is 0.248 e. The molecule has 0 aliphatic carbocycles. The van der Waals surface area contributed by atoms with Gasteiger partial charge in [0.2, 0.25) is 5.91 Å². The van der Waals surface area contributed by atoms with E-state index >= 15 is 0 Å². The number of likely N-dealkylation sites (tertiary alicyclic amines) is 1. The van der Waals surface area contributed by atoms with Crippen molar-refractivity contribution < 1.29 is 9.90 Å². The first-order valence-corrected chi connectivity index (χ1v) is 8.71. The van der Waals surface area contributed by atoms with Crippen molar-refractivity contribution in [2.24, 2.45) is 11.7 Å². The number of piperidine rings is 1. The van der Waals surface area contributed by atoms with Crippen LogP contribution in [0.15, 0.2) is 29.6 Å². The SMILES string of the molecule is NC(=O)c1ccc(-c2nc(CN3CCC(CO)CC3)cs2)cc1. The zero-order valence-corrected chi connectivity index (χ0v) is 13.8. The van der Waals surface area contributed by atoms with Gasteiger partial charge in [0.05, 0.1) is 5.69 Å². The molecule has 5 nitrogen and oxygen atoms in total. The molecule has 1 fully saturated rings. The van der Waals surface area contributed by atoms with Crippen LogP contribution in [-0.2, 0) is 6.54 Å². The number of aromatic nitrogens is 1. The standard InChI is InChI=1S/C17H21N3O2S/c18-16(22)13-1-3-14(4-2-13)17-19-15(11-23-17)9-20-7-5-12(10-21)6-8-20/h1-4,11-12,21H,5-10H2,(H2,18,22). The van der Waals surface area contributed by atoms with Crippen molar-refractivity contribution in [1.29, 1.82) is 0 Å². The van der Waals surface area contributed by atoms with Crippen molar-refractivity contribution in [3.63, 3.8) is 0 Å². The first kappa shape index (κ1) is 16.1. The first-order chi connectivity index (χ1) is 11.2. The van der Waals surface area contributed by atoms with Crippen molar-refractivity contribution in [2.75, 3.05) is 19.7 Å². The average molecular weight is 331 g/mol. The van der Waals surface area contributed by atoms with Gasteiger partial charge in [-0.2, -0.15) is 0 Å². The first-order valence-electron chi connectivity index (χ1n) is 7.83. The van der Waals surface area contributed by atoms with Gasteiger partial charge in [0, 0.05) is 29.7 Å². The van der Waals surface area contributed by atoms with Gasteiger partial charge >= 0.3 is 0 Å². The number of amides is 1. The van der Waals surface area contributed by atoms with Crippen LogP contribution in [0.25, 0.3) is 10.6 Å². The average Bonchev–Trinajstić information content (AvgIpc) is 3.04. The van der Waals surface area contributed by atoms with E-state index < -0.39 is 5.91 Å². The molecule has 1 aromatic heterocycles. The van der Waals surface area contributed by atoms with Crippen LogP contribution in [0.1, 0.15) is 28.9 Å². The third-order valence-corrected chi connectivity index (χ3v) is 5.26. The number of hydrogen-bond acceptors (Lipinski definition) is 5. The largest absolute Gasteiger partial charge is 0.396 e. The number of benzene rings is 1. The van der Waals surface area contributed by atoms with Crippen molar-refractivity contribution in [1.82, 2.24) is 9.88 Å². The predicted octanol–water partition coefficient (Wildman–Crippen LogP) is 2.11. The number of rotatable bonds is 5. The van der Waals surface area contributed by atoms with Crippen LogP contribution in [0, 0.1) is 5.92 Å². The second-order valence-corrected chi connectivity index (χ2v) is 6.85. The molecule has 3 N–H and O–H groups in total. The number of aliphatic hydroxyl groups is 1. The highest BCUT2D eigenvalue weighted by Gasteiger charge is 2.19. The van der Waals surface area contributed by atoms with Crippen LogP contribution in [0.3, 0.4) is 0 Å². The molecule has 1 aromatic carbocycles. The Morgan fingerprint density at radius 3 is 2.61 bits per heavy atom. The number of carbonyl (C=O) groups is 1. The van der Waals surface area contributed by atoms with Gasteiger partial charge in [0.15, 0.2) is 0 Å². The summed E-state index contributed by atoms with van der Waals surface area (Å²) in [6.45, 7) is 3.20. The second-order valence-electron chi connectivity index (χ2n) is 5.99. The molecule has 0 bridgehead atoms. The number of aliphatic hydroxyl groups excluding tert-OH is 1. The second kappa shape index (κ2) is 7.21.